The summed E-state index contributed by atoms with van der Waals surface area (Å²) in [6.07, 6.45) is 0.733. The Bertz CT molecular complexity index is 1420. The van der Waals surface area contributed by atoms with E-state index in [0.717, 1.165) is 17.2 Å². The molecule has 0 bridgehead atoms. The topological polar surface area (TPSA) is 90.4 Å². The molecule has 31 heavy (non-hydrogen) atoms. The van der Waals surface area contributed by atoms with Crippen molar-refractivity contribution in [3.63, 3.8) is 0 Å². The molecule has 4 rings (SSSR count). The lowest BCUT2D eigenvalue weighted by Crippen LogP contribution is -2.29. The molecular formula is C20H19ClFN5O3S. The van der Waals surface area contributed by atoms with Crippen molar-refractivity contribution in [1.29, 1.82) is 0 Å². The number of benzene rings is 1. The molecule has 1 amide bonds. The summed E-state index contributed by atoms with van der Waals surface area (Å²) in [5.74, 6) is -0.546. The van der Waals surface area contributed by atoms with Gasteiger partial charge in [0.1, 0.15) is 17.1 Å². The van der Waals surface area contributed by atoms with Crippen molar-refractivity contribution < 1.29 is 9.18 Å². The van der Waals surface area contributed by atoms with Crippen LogP contribution in [0.15, 0.2) is 39.2 Å². The molecule has 162 valence electrons. The summed E-state index contributed by atoms with van der Waals surface area (Å²) >= 11 is 7.20. The van der Waals surface area contributed by atoms with Crippen LogP contribution in [-0.4, -0.2) is 24.7 Å². The third kappa shape index (κ3) is 4.00. The Morgan fingerprint density at radius 1 is 1.29 bits per heavy atom. The minimum absolute atomic E-state index is 0.0400. The Labute approximate surface area is 184 Å². The summed E-state index contributed by atoms with van der Waals surface area (Å²) in [5, 5.41) is 8.60. The molecule has 11 heteroatoms. The SMILES string of the molecule is CC(C)CCn1c(=O)c2sccc2n2c(=O)n(CC(=O)Nc3ccc(F)cc3Cl)nc12. The Kier molecular flexibility index (Phi) is 5.67. The van der Waals surface area contributed by atoms with E-state index in [9.17, 15) is 18.8 Å². The minimum Gasteiger partial charge on any atom is -0.323 e. The van der Waals surface area contributed by atoms with Crippen molar-refractivity contribution in [2.45, 2.75) is 33.4 Å². The van der Waals surface area contributed by atoms with E-state index in [-0.39, 0.29) is 22.0 Å². The van der Waals surface area contributed by atoms with Crippen molar-refractivity contribution >= 4 is 50.5 Å². The van der Waals surface area contributed by atoms with E-state index in [4.69, 9.17) is 11.6 Å². The van der Waals surface area contributed by atoms with Crippen molar-refractivity contribution in [2.75, 3.05) is 5.32 Å². The summed E-state index contributed by atoms with van der Waals surface area (Å²) in [6.45, 7) is 4.10. The van der Waals surface area contributed by atoms with Crippen molar-refractivity contribution in [2.24, 2.45) is 5.92 Å². The van der Waals surface area contributed by atoms with Gasteiger partial charge in [0.05, 0.1) is 16.2 Å². The van der Waals surface area contributed by atoms with Crippen LogP contribution in [0.25, 0.3) is 16.0 Å². The van der Waals surface area contributed by atoms with Gasteiger partial charge >= 0.3 is 5.69 Å². The Hall–Kier alpha value is -2.98. The highest BCUT2D eigenvalue weighted by Gasteiger charge is 2.20. The summed E-state index contributed by atoms with van der Waals surface area (Å²) in [5.41, 5.74) is -0.0575. The maximum atomic E-state index is 13.2. The quantitative estimate of drug-likeness (QED) is 0.474. The standard InChI is InChI=1S/C20H19ClFN5O3S/c1-11(2)5-7-25-18(29)17-15(6-8-31-17)27-19(25)24-26(20(27)30)10-16(28)23-14-4-3-12(22)9-13(14)21/h3-4,6,8-9,11H,5,7,10H2,1-2H3,(H,23,28). The minimum atomic E-state index is -0.559. The number of rotatable bonds is 6. The van der Waals surface area contributed by atoms with E-state index in [1.165, 1.54) is 32.4 Å². The highest BCUT2D eigenvalue weighted by atomic mass is 35.5. The normalized spacial score (nSPS) is 11.6. The maximum Gasteiger partial charge on any atom is 0.352 e. The van der Waals surface area contributed by atoms with Crippen LogP contribution in [0.5, 0.6) is 0 Å². The zero-order valence-electron chi connectivity index (χ0n) is 16.8. The number of nitrogens with one attached hydrogen (secondary N) is 1. The Morgan fingerprint density at radius 2 is 2.06 bits per heavy atom. The van der Waals surface area contributed by atoms with Crippen LogP contribution in [0.1, 0.15) is 20.3 Å². The van der Waals surface area contributed by atoms with Gasteiger partial charge in [0.25, 0.3) is 5.56 Å². The van der Waals surface area contributed by atoms with E-state index in [2.05, 4.69) is 10.4 Å². The first-order chi connectivity index (χ1) is 14.8. The lowest BCUT2D eigenvalue weighted by atomic mass is 10.1. The molecular weight excluding hydrogens is 445 g/mol. The molecule has 0 spiro atoms. The summed E-state index contributed by atoms with van der Waals surface area (Å²) in [4.78, 5) is 38.5. The second-order valence-electron chi connectivity index (χ2n) is 7.52. The summed E-state index contributed by atoms with van der Waals surface area (Å²) in [7, 11) is 0. The molecule has 0 aliphatic rings. The highest BCUT2D eigenvalue weighted by Crippen LogP contribution is 2.22. The molecule has 0 fully saturated rings. The van der Waals surface area contributed by atoms with E-state index < -0.39 is 24.0 Å². The molecule has 8 nitrogen and oxygen atoms in total. The first kappa shape index (κ1) is 21.3. The molecule has 4 aromatic rings. The van der Waals surface area contributed by atoms with Gasteiger partial charge in [-0.1, -0.05) is 25.4 Å². The first-order valence-electron chi connectivity index (χ1n) is 9.60. The van der Waals surface area contributed by atoms with Gasteiger partial charge in [-0.15, -0.1) is 16.4 Å². The number of anilines is 1. The molecule has 1 aromatic carbocycles. The van der Waals surface area contributed by atoms with Crippen LogP contribution in [0.2, 0.25) is 5.02 Å². The van der Waals surface area contributed by atoms with E-state index in [1.54, 1.807) is 11.4 Å². The number of carbonyl (C=O) groups is 1. The smallest absolute Gasteiger partial charge is 0.323 e. The average molecular weight is 464 g/mol. The fourth-order valence-corrected chi connectivity index (χ4v) is 4.28. The van der Waals surface area contributed by atoms with Crippen LogP contribution < -0.4 is 16.6 Å². The van der Waals surface area contributed by atoms with Gasteiger partial charge in [-0.05, 0) is 42.0 Å². The van der Waals surface area contributed by atoms with Crippen molar-refractivity contribution in [1.82, 2.24) is 18.7 Å². The molecule has 0 saturated carbocycles. The van der Waals surface area contributed by atoms with Crippen LogP contribution in [0.3, 0.4) is 0 Å². The average Bonchev–Trinajstić information content (AvgIpc) is 3.29. The number of hydrogen-bond acceptors (Lipinski definition) is 5. The number of carbonyl (C=O) groups excluding carboxylic acids is 1. The number of aromatic nitrogens is 4. The van der Waals surface area contributed by atoms with Crippen LogP contribution in [0.4, 0.5) is 10.1 Å². The zero-order valence-corrected chi connectivity index (χ0v) is 18.3. The van der Waals surface area contributed by atoms with Gasteiger partial charge in [0.15, 0.2) is 0 Å². The lowest BCUT2D eigenvalue weighted by molar-refractivity contribution is -0.117. The molecule has 3 heterocycles. The second-order valence-corrected chi connectivity index (χ2v) is 8.85. The van der Waals surface area contributed by atoms with E-state index >= 15 is 0 Å². The van der Waals surface area contributed by atoms with Crippen molar-refractivity contribution in [3.05, 3.63) is 61.3 Å². The zero-order chi connectivity index (χ0) is 22.3. The number of aryl methyl sites for hydroxylation is 1. The van der Waals surface area contributed by atoms with E-state index in [1.807, 2.05) is 13.8 Å². The van der Waals surface area contributed by atoms with Gasteiger partial charge in [-0.25, -0.2) is 18.3 Å². The van der Waals surface area contributed by atoms with Gasteiger partial charge < -0.3 is 5.32 Å². The summed E-state index contributed by atoms with van der Waals surface area (Å²) < 4.78 is 17.5. The number of thiophene rings is 1. The molecule has 0 atom stereocenters. The molecule has 0 aliphatic carbocycles. The van der Waals surface area contributed by atoms with Gasteiger partial charge in [0.2, 0.25) is 11.7 Å². The highest BCUT2D eigenvalue weighted by molar-refractivity contribution is 7.17. The van der Waals surface area contributed by atoms with Crippen LogP contribution in [-0.2, 0) is 17.9 Å². The molecule has 0 radical (unpaired) electrons. The van der Waals surface area contributed by atoms with Crippen LogP contribution in [0, 0.1) is 11.7 Å². The fourth-order valence-electron chi connectivity index (χ4n) is 3.24. The van der Waals surface area contributed by atoms with Gasteiger partial charge in [-0.2, -0.15) is 0 Å². The monoisotopic (exact) mass is 463 g/mol. The predicted molar refractivity (Wildman–Crippen MR) is 119 cm³/mol. The predicted octanol–water partition coefficient (Wildman–Crippen LogP) is 3.35. The lowest BCUT2D eigenvalue weighted by Gasteiger charge is -2.09. The van der Waals surface area contributed by atoms with Gasteiger partial charge in [-0.3, -0.25) is 14.2 Å². The number of nitrogens with zero attached hydrogens (tertiary/aromatic N) is 4. The van der Waals surface area contributed by atoms with Crippen molar-refractivity contribution in [3.8, 4) is 0 Å². The first-order valence-corrected chi connectivity index (χ1v) is 10.9. The third-order valence-corrected chi connectivity index (χ3v) is 6.02. The third-order valence-electron chi connectivity index (χ3n) is 4.82. The summed E-state index contributed by atoms with van der Waals surface area (Å²) in [6, 6.07) is 5.27. The Balaban J connectivity index is 1.74. The molecule has 1 N–H and O–H groups in total. The van der Waals surface area contributed by atoms with E-state index in [0.29, 0.717) is 22.7 Å². The Morgan fingerprint density at radius 3 is 2.77 bits per heavy atom. The van der Waals surface area contributed by atoms with Gasteiger partial charge in [0, 0.05) is 6.54 Å². The maximum absolute atomic E-state index is 13.2. The molecule has 0 unspecified atom stereocenters. The molecule has 3 aromatic heterocycles. The fraction of sp³-hybridized carbons (Fsp3) is 0.300. The van der Waals surface area contributed by atoms with Crippen LogP contribution >= 0.6 is 22.9 Å². The number of halogens is 2. The number of amides is 1. The number of fused-ring (bicyclic) bond motifs is 3. The number of hydrogen-bond donors (Lipinski definition) is 1. The second kappa shape index (κ2) is 8.27. The molecule has 0 saturated heterocycles. The largest absolute Gasteiger partial charge is 0.352 e. The molecule has 0 aliphatic heterocycles.